The van der Waals surface area contributed by atoms with Gasteiger partial charge in [-0.05, 0) is 81.2 Å². The molecule has 0 spiro atoms. The van der Waals surface area contributed by atoms with Gasteiger partial charge in [-0.1, -0.05) is 158 Å². The molecule has 0 atom stereocenters. The lowest BCUT2D eigenvalue weighted by atomic mass is 9.95. The number of nitrogens with zero attached hydrogens (tertiary/aromatic N) is 1. The van der Waals surface area contributed by atoms with Crippen molar-refractivity contribution in [1.82, 2.24) is 0 Å². The van der Waals surface area contributed by atoms with E-state index >= 15 is 0 Å². The molecule has 0 saturated heterocycles. The largest absolute Gasteiger partial charge is 0.456 e. The van der Waals surface area contributed by atoms with Gasteiger partial charge in [-0.2, -0.15) is 0 Å². The Morgan fingerprint density at radius 2 is 0.945 bits per heavy atom. The van der Waals surface area contributed by atoms with Crippen molar-refractivity contribution < 1.29 is 4.42 Å². The molecule has 0 amide bonds. The molecule has 258 valence electrons. The van der Waals surface area contributed by atoms with Gasteiger partial charge in [-0.3, -0.25) is 0 Å². The van der Waals surface area contributed by atoms with Crippen LogP contribution in [0.15, 0.2) is 205 Å². The van der Waals surface area contributed by atoms with Gasteiger partial charge in [0.15, 0.2) is 0 Å². The van der Waals surface area contributed by atoms with Crippen LogP contribution >= 0.6 is 11.3 Å². The third-order valence-corrected chi connectivity index (χ3v) is 12.1. The lowest BCUT2D eigenvalue weighted by Gasteiger charge is -2.29. The van der Waals surface area contributed by atoms with Gasteiger partial charge in [0.1, 0.15) is 11.2 Å². The fourth-order valence-electron chi connectivity index (χ4n) is 8.38. The molecule has 0 saturated carbocycles. The van der Waals surface area contributed by atoms with Crippen LogP contribution in [0.1, 0.15) is 0 Å². The van der Waals surface area contributed by atoms with Crippen LogP contribution in [0, 0.1) is 0 Å². The van der Waals surface area contributed by atoms with Crippen molar-refractivity contribution in [2.45, 2.75) is 0 Å². The second kappa shape index (κ2) is 12.9. The van der Waals surface area contributed by atoms with Crippen LogP contribution in [0.25, 0.3) is 86.3 Å². The highest BCUT2D eigenvalue weighted by molar-refractivity contribution is 7.26. The van der Waals surface area contributed by atoms with Gasteiger partial charge in [0.25, 0.3) is 0 Å². The fraction of sp³-hybridized carbons (Fsp3) is 0. The van der Waals surface area contributed by atoms with E-state index < -0.39 is 0 Å². The fourth-order valence-corrected chi connectivity index (χ4v) is 9.64. The highest BCUT2D eigenvalue weighted by atomic mass is 32.1. The number of benzene rings is 9. The van der Waals surface area contributed by atoms with Crippen LogP contribution in [-0.2, 0) is 0 Å². The van der Waals surface area contributed by atoms with Gasteiger partial charge in [0.2, 0.25) is 0 Å². The van der Waals surface area contributed by atoms with E-state index in [2.05, 4.69) is 205 Å². The van der Waals surface area contributed by atoms with Crippen LogP contribution in [0.4, 0.5) is 17.1 Å². The first kappa shape index (κ1) is 31.6. The van der Waals surface area contributed by atoms with E-state index in [0.29, 0.717) is 0 Å². The van der Waals surface area contributed by atoms with Crippen molar-refractivity contribution in [2.24, 2.45) is 0 Å². The van der Waals surface area contributed by atoms with Crippen molar-refractivity contribution in [3.05, 3.63) is 200 Å². The van der Waals surface area contributed by atoms with E-state index in [1.807, 2.05) is 11.3 Å². The van der Waals surface area contributed by atoms with Crippen molar-refractivity contribution in [2.75, 3.05) is 4.90 Å². The number of rotatable bonds is 6. The Morgan fingerprint density at radius 3 is 1.71 bits per heavy atom. The van der Waals surface area contributed by atoms with Crippen LogP contribution in [0.2, 0.25) is 0 Å². The van der Waals surface area contributed by atoms with Crippen LogP contribution in [0.5, 0.6) is 0 Å². The Kier molecular flexibility index (Phi) is 7.39. The molecule has 2 heterocycles. The van der Waals surface area contributed by atoms with E-state index in [4.69, 9.17) is 4.42 Å². The smallest absolute Gasteiger partial charge is 0.137 e. The zero-order chi connectivity index (χ0) is 36.3. The molecule has 11 aromatic rings. The molecule has 2 aromatic heterocycles. The highest BCUT2D eigenvalue weighted by Gasteiger charge is 2.26. The molecule has 0 aliphatic heterocycles. The molecular formula is C52H33NOS. The molecule has 2 nitrogen and oxygen atoms in total. The van der Waals surface area contributed by atoms with Crippen molar-refractivity contribution in [3.63, 3.8) is 0 Å². The summed E-state index contributed by atoms with van der Waals surface area (Å²) < 4.78 is 9.28. The van der Waals surface area contributed by atoms with E-state index in [1.165, 1.54) is 58.8 Å². The SMILES string of the molecule is c1ccc(-c2ccc3c(c2)oc2cccc(N(c4ccc(-c5ccccc5)c5ccccc45)c4ccc(-c5ccccc5)c5sc6ccccc6c45)c23)cc1. The maximum atomic E-state index is 6.74. The topological polar surface area (TPSA) is 16.4 Å². The quantitative estimate of drug-likeness (QED) is 0.170. The predicted molar refractivity (Wildman–Crippen MR) is 235 cm³/mol. The van der Waals surface area contributed by atoms with Crippen molar-refractivity contribution >= 4 is 81.3 Å². The van der Waals surface area contributed by atoms with Gasteiger partial charge in [0, 0.05) is 30.9 Å². The molecule has 55 heavy (non-hydrogen) atoms. The van der Waals surface area contributed by atoms with Gasteiger partial charge < -0.3 is 9.32 Å². The van der Waals surface area contributed by atoms with E-state index in [9.17, 15) is 0 Å². The van der Waals surface area contributed by atoms with Gasteiger partial charge in [-0.15, -0.1) is 11.3 Å². The lowest BCUT2D eigenvalue weighted by Crippen LogP contribution is -2.11. The van der Waals surface area contributed by atoms with E-state index in [1.54, 1.807) is 0 Å². The highest BCUT2D eigenvalue weighted by Crippen LogP contribution is 2.52. The predicted octanol–water partition coefficient (Wildman–Crippen LogP) is 15.6. The Morgan fingerprint density at radius 1 is 0.345 bits per heavy atom. The summed E-state index contributed by atoms with van der Waals surface area (Å²) in [4.78, 5) is 2.50. The maximum Gasteiger partial charge on any atom is 0.137 e. The Hall–Kier alpha value is -6.94. The lowest BCUT2D eigenvalue weighted by molar-refractivity contribution is 0.669. The number of hydrogen-bond acceptors (Lipinski definition) is 3. The van der Waals surface area contributed by atoms with Crippen LogP contribution < -0.4 is 4.90 Å². The molecule has 9 aromatic carbocycles. The minimum Gasteiger partial charge on any atom is -0.456 e. The average Bonchev–Trinajstić information content (AvgIpc) is 3.84. The minimum atomic E-state index is 0.861. The molecule has 3 heteroatoms. The maximum absolute atomic E-state index is 6.74. The summed E-state index contributed by atoms with van der Waals surface area (Å²) in [5.74, 6) is 0. The van der Waals surface area contributed by atoms with Crippen LogP contribution in [-0.4, -0.2) is 0 Å². The molecule has 0 aliphatic rings. The molecule has 11 rings (SSSR count). The number of fused-ring (bicyclic) bond motifs is 7. The third-order valence-electron chi connectivity index (χ3n) is 10.9. The summed E-state index contributed by atoms with van der Waals surface area (Å²) in [7, 11) is 0. The summed E-state index contributed by atoms with van der Waals surface area (Å²) in [6.07, 6.45) is 0. The normalized spacial score (nSPS) is 11.6. The Labute approximate surface area is 322 Å². The standard InChI is InChI=1S/C52H33NOS/c1-4-15-34(16-5-1)37-27-28-42-48(33-37)54-47-25-14-24-45(50(42)47)53(44-31-29-38(35-17-6-2-7-18-35)40-21-10-11-22-41(40)44)46-32-30-39(36-19-8-3-9-20-36)52-51(46)43-23-12-13-26-49(43)55-52/h1-33H. The second-order valence-electron chi connectivity index (χ2n) is 14.0. The molecule has 0 unspecified atom stereocenters. The Bertz CT molecular complexity index is 3200. The van der Waals surface area contributed by atoms with E-state index in [0.717, 1.165) is 44.6 Å². The molecule has 0 bridgehead atoms. The molecular weight excluding hydrogens is 687 g/mol. The summed E-state index contributed by atoms with van der Waals surface area (Å²) in [5.41, 5.74) is 12.2. The first-order valence-electron chi connectivity index (χ1n) is 18.7. The second-order valence-corrected chi connectivity index (χ2v) is 15.1. The molecule has 0 N–H and O–H groups in total. The number of furan rings is 1. The van der Waals surface area contributed by atoms with Crippen LogP contribution in [0.3, 0.4) is 0 Å². The summed E-state index contributed by atoms with van der Waals surface area (Å²) in [5, 5.41) is 7.07. The zero-order valence-electron chi connectivity index (χ0n) is 29.8. The zero-order valence-corrected chi connectivity index (χ0v) is 30.6. The first-order chi connectivity index (χ1) is 27.3. The third kappa shape index (κ3) is 5.16. The minimum absolute atomic E-state index is 0.861. The monoisotopic (exact) mass is 719 g/mol. The van der Waals surface area contributed by atoms with Gasteiger partial charge >= 0.3 is 0 Å². The number of thiophene rings is 1. The van der Waals surface area contributed by atoms with Gasteiger partial charge in [0.05, 0.1) is 22.4 Å². The van der Waals surface area contributed by atoms with Crippen molar-refractivity contribution in [1.29, 1.82) is 0 Å². The van der Waals surface area contributed by atoms with Crippen molar-refractivity contribution in [3.8, 4) is 33.4 Å². The Balaban J connectivity index is 1.24. The van der Waals surface area contributed by atoms with E-state index in [-0.39, 0.29) is 0 Å². The first-order valence-corrected chi connectivity index (χ1v) is 19.5. The summed E-state index contributed by atoms with van der Waals surface area (Å²) in [6, 6.07) is 72.1. The molecule has 0 aliphatic carbocycles. The van der Waals surface area contributed by atoms with Gasteiger partial charge in [-0.25, -0.2) is 0 Å². The molecule has 0 fully saturated rings. The number of hydrogen-bond donors (Lipinski definition) is 0. The molecule has 0 radical (unpaired) electrons. The summed E-state index contributed by atoms with van der Waals surface area (Å²) >= 11 is 1.87. The average molecular weight is 720 g/mol. The number of anilines is 3. The summed E-state index contributed by atoms with van der Waals surface area (Å²) in [6.45, 7) is 0.